The van der Waals surface area contributed by atoms with Gasteiger partial charge in [0.05, 0.1) is 5.60 Å². The van der Waals surface area contributed by atoms with Crippen LogP contribution in [0.4, 0.5) is 0 Å². The van der Waals surface area contributed by atoms with Crippen molar-refractivity contribution in [3.63, 3.8) is 0 Å². The first-order chi connectivity index (χ1) is 8.97. The molecular formula is C16H27NOS. The predicted molar refractivity (Wildman–Crippen MR) is 82.6 cm³/mol. The van der Waals surface area contributed by atoms with Crippen molar-refractivity contribution >= 4 is 11.3 Å². The third-order valence-electron chi connectivity index (χ3n) is 4.81. The van der Waals surface area contributed by atoms with Gasteiger partial charge in [0.1, 0.15) is 0 Å². The third kappa shape index (κ3) is 3.59. The number of ether oxygens (including phenoxy) is 1. The molecule has 1 aromatic heterocycles. The first-order valence-corrected chi connectivity index (χ1v) is 8.19. The molecule has 0 bridgehead atoms. The van der Waals surface area contributed by atoms with Gasteiger partial charge >= 0.3 is 0 Å². The fraction of sp³-hybridized carbons (Fsp3) is 0.750. The van der Waals surface area contributed by atoms with Crippen LogP contribution in [0.3, 0.4) is 0 Å². The van der Waals surface area contributed by atoms with Gasteiger partial charge in [0.2, 0.25) is 0 Å². The Balaban J connectivity index is 1.93. The first kappa shape index (κ1) is 15.0. The number of thiophene rings is 1. The lowest BCUT2D eigenvalue weighted by Crippen LogP contribution is -2.52. The van der Waals surface area contributed by atoms with Gasteiger partial charge in [-0.15, -0.1) is 11.3 Å². The van der Waals surface area contributed by atoms with E-state index in [4.69, 9.17) is 10.5 Å². The van der Waals surface area contributed by atoms with E-state index in [1.54, 1.807) is 0 Å². The third-order valence-corrected chi connectivity index (χ3v) is 5.75. The Morgan fingerprint density at radius 1 is 1.32 bits per heavy atom. The molecule has 1 aliphatic carbocycles. The van der Waals surface area contributed by atoms with Crippen molar-refractivity contribution in [2.45, 2.75) is 64.0 Å². The van der Waals surface area contributed by atoms with Gasteiger partial charge in [0.15, 0.2) is 0 Å². The molecule has 0 radical (unpaired) electrons. The minimum Gasteiger partial charge on any atom is -0.377 e. The zero-order valence-corrected chi connectivity index (χ0v) is 13.3. The Kier molecular flexibility index (Phi) is 4.70. The lowest BCUT2D eigenvalue weighted by atomic mass is 9.68. The molecule has 1 fully saturated rings. The van der Waals surface area contributed by atoms with Gasteiger partial charge in [-0.2, -0.15) is 0 Å². The number of methoxy groups -OCH3 is 1. The monoisotopic (exact) mass is 281 g/mol. The summed E-state index contributed by atoms with van der Waals surface area (Å²) in [6.07, 6.45) is 6.73. The van der Waals surface area contributed by atoms with Crippen molar-refractivity contribution in [3.05, 3.63) is 22.4 Å². The van der Waals surface area contributed by atoms with Gasteiger partial charge in [-0.3, -0.25) is 0 Å². The Bertz CT molecular complexity index is 375. The number of aryl methyl sites for hydroxylation is 1. The van der Waals surface area contributed by atoms with E-state index in [1.807, 2.05) is 18.4 Å². The summed E-state index contributed by atoms with van der Waals surface area (Å²) >= 11 is 1.82. The quantitative estimate of drug-likeness (QED) is 0.885. The van der Waals surface area contributed by atoms with Crippen molar-refractivity contribution in [2.24, 2.45) is 11.1 Å². The highest BCUT2D eigenvalue weighted by molar-refractivity contribution is 7.09. The van der Waals surface area contributed by atoms with E-state index in [0.717, 1.165) is 25.7 Å². The standard InChI is InChI=1S/C16H27NOS/c1-15(2)8-10-16(18-3,11-9-15)14(17)7-6-13-5-4-12-19-13/h4-5,12,14H,6-11,17H2,1-3H3. The average Bonchev–Trinajstić information content (AvgIpc) is 2.90. The summed E-state index contributed by atoms with van der Waals surface area (Å²) in [5, 5.41) is 2.13. The molecular weight excluding hydrogens is 254 g/mol. The Hall–Kier alpha value is -0.380. The number of rotatable bonds is 5. The van der Waals surface area contributed by atoms with Crippen LogP contribution < -0.4 is 5.73 Å². The molecule has 0 aromatic carbocycles. The van der Waals surface area contributed by atoms with Crippen LogP contribution in [0.1, 0.15) is 50.8 Å². The van der Waals surface area contributed by atoms with Gasteiger partial charge in [0, 0.05) is 18.0 Å². The highest BCUT2D eigenvalue weighted by atomic mass is 32.1. The maximum absolute atomic E-state index is 6.48. The lowest BCUT2D eigenvalue weighted by molar-refractivity contribution is -0.0796. The molecule has 0 amide bonds. The van der Waals surface area contributed by atoms with E-state index >= 15 is 0 Å². The molecule has 1 heterocycles. The van der Waals surface area contributed by atoms with Crippen LogP contribution in [0.2, 0.25) is 0 Å². The molecule has 3 heteroatoms. The van der Waals surface area contributed by atoms with Crippen LogP contribution in [0.15, 0.2) is 17.5 Å². The van der Waals surface area contributed by atoms with Crippen LogP contribution in [-0.4, -0.2) is 18.8 Å². The van der Waals surface area contributed by atoms with Gasteiger partial charge in [-0.25, -0.2) is 0 Å². The van der Waals surface area contributed by atoms with Crippen LogP contribution in [0, 0.1) is 5.41 Å². The SMILES string of the molecule is COC1(C(N)CCc2cccs2)CCC(C)(C)CC1. The Morgan fingerprint density at radius 2 is 2.00 bits per heavy atom. The predicted octanol–water partition coefficient (Wildman–Crippen LogP) is 3.99. The van der Waals surface area contributed by atoms with Crippen LogP contribution in [0.25, 0.3) is 0 Å². The second-order valence-electron chi connectivity index (χ2n) is 6.66. The Morgan fingerprint density at radius 3 is 2.53 bits per heavy atom. The molecule has 1 unspecified atom stereocenters. The fourth-order valence-corrected chi connectivity index (χ4v) is 3.82. The van der Waals surface area contributed by atoms with Crippen molar-refractivity contribution in [2.75, 3.05) is 7.11 Å². The van der Waals surface area contributed by atoms with Crippen molar-refractivity contribution in [1.29, 1.82) is 0 Å². The molecule has 2 N–H and O–H groups in total. The summed E-state index contributed by atoms with van der Waals surface area (Å²) in [6.45, 7) is 4.70. The molecule has 1 aromatic rings. The van der Waals surface area contributed by atoms with Crippen LogP contribution >= 0.6 is 11.3 Å². The summed E-state index contributed by atoms with van der Waals surface area (Å²) < 4.78 is 5.88. The van der Waals surface area contributed by atoms with E-state index in [9.17, 15) is 0 Å². The van der Waals surface area contributed by atoms with Gasteiger partial charge in [-0.05, 0) is 55.4 Å². The van der Waals surface area contributed by atoms with E-state index < -0.39 is 0 Å². The smallest absolute Gasteiger partial charge is 0.0829 e. The summed E-state index contributed by atoms with van der Waals surface area (Å²) in [7, 11) is 1.84. The summed E-state index contributed by atoms with van der Waals surface area (Å²) in [5.41, 5.74) is 6.84. The topological polar surface area (TPSA) is 35.2 Å². The maximum atomic E-state index is 6.48. The molecule has 1 saturated carbocycles. The minimum atomic E-state index is -0.0905. The van der Waals surface area contributed by atoms with Crippen molar-refractivity contribution in [1.82, 2.24) is 0 Å². The lowest BCUT2D eigenvalue weighted by Gasteiger charge is -2.46. The average molecular weight is 281 g/mol. The van der Waals surface area contributed by atoms with E-state index in [-0.39, 0.29) is 11.6 Å². The zero-order chi connectivity index (χ0) is 13.9. The molecule has 1 atom stereocenters. The molecule has 2 rings (SSSR count). The Labute approximate surface area is 121 Å². The molecule has 2 nitrogen and oxygen atoms in total. The van der Waals surface area contributed by atoms with Crippen molar-refractivity contribution < 1.29 is 4.74 Å². The number of hydrogen-bond acceptors (Lipinski definition) is 3. The summed E-state index contributed by atoms with van der Waals surface area (Å²) in [4.78, 5) is 1.43. The minimum absolute atomic E-state index is 0.0905. The second kappa shape index (κ2) is 5.94. The van der Waals surface area contributed by atoms with Gasteiger partial charge in [0.25, 0.3) is 0 Å². The fourth-order valence-electron chi connectivity index (χ4n) is 3.09. The van der Waals surface area contributed by atoms with Gasteiger partial charge < -0.3 is 10.5 Å². The van der Waals surface area contributed by atoms with Crippen molar-refractivity contribution in [3.8, 4) is 0 Å². The molecule has 1 aliphatic rings. The molecule has 108 valence electrons. The zero-order valence-electron chi connectivity index (χ0n) is 12.4. The van der Waals surface area contributed by atoms with Gasteiger partial charge in [-0.1, -0.05) is 19.9 Å². The number of hydrogen-bond donors (Lipinski definition) is 1. The highest BCUT2D eigenvalue weighted by Gasteiger charge is 2.42. The molecule has 0 saturated heterocycles. The van der Waals surface area contributed by atoms with Crippen LogP contribution in [0.5, 0.6) is 0 Å². The maximum Gasteiger partial charge on any atom is 0.0829 e. The normalized spacial score (nSPS) is 23.2. The van der Waals surface area contributed by atoms with E-state index in [0.29, 0.717) is 5.41 Å². The molecule has 19 heavy (non-hydrogen) atoms. The summed E-state index contributed by atoms with van der Waals surface area (Å²) in [5.74, 6) is 0. The number of nitrogens with two attached hydrogens (primary N) is 1. The summed E-state index contributed by atoms with van der Waals surface area (Å²) in [6, 6.07) is 4.46. The second-order valence-corrected chi connectivity index (χ2v) is 7.69. The van der Waals surface area contributed by atoms with E-state index in [1.165, 1.54) is 17.7 Å². The largest absolute Gasteiger partial charge is 0.377 e. The van der Waals surface area contributed by atoms with Crippen LogP contribution in [-0.2, 0) is 11.2 Å². The van der Waals surface area contributed by atoms with E-state index in [2.05, 4.69) is 31.4 Å². The molecule has 0 aliphatic heterocycles. The first-order valence-electron chi connectivity index (χ1n) is 7.31. The molecule has 0 spiro atoms. The highest BCUT2D eigenvalue weighted by Crippen LogP contribution is 2.43.